The van der Waals surface area contributed by atoms with Crippen LogP contribution >= 0.6 is 0 Å². The van der Waals surface area contributed by atoms with Crippen LogP contribution in [-0.2, 0) is 11.2 Å². The van der Waals surface area contributed by atoms with Crippen molar-refractivity contribution in [1.82, 2.24) is 4.90 Å². The number of benzene rings is 1. The van der Waals surface area contributed by atoms with Gasteiger partial charge in [-0.25, -0.2) is 4.39 Å². The van der Waals surface area contributed by atoms with Gasteiger partial charge in [-0.1, -0.05) is 12.1 Å². The molecule has 0 spiro atoms. The molecule has 0 saturated heterocycles. The van der Waals surface area contributed by atoms with E-state index in [2.05, 4.69) is 0 Å². The van der Waals surface area contributed by atoms with E-state index < -0.39 is 5.97 Å². The molecule has 0 fully saturated rings. The smallest absolute Gasteiger partial charge is 0.305 e. The van der Waals surface area contributed by atoms with Crippen molar-refractivity contribution in [3.63, 3.8) is 0 Å². The number of carbonyl (C=O) groups is 1. The van der Waals surface area contributed by atoms with Crippen molar-refractivity contribution in [3.8, 4) is 0 Å². The molecule has 0 aliphatic rings. The van der Waals surface area contributed by atoms with Crippen LogP contribution in [0.2, 0.25) is 0 Å². The van der Waals surface area contributed by atoms with Crippen LogP contribution < -0.4 is 0 Å². The number of rotatable bonds is 6. The zero-order valence-electron chi connectivity index (χ0n) is 11.1. The molecule has 0 aromatic heterocycles. The predicted octanol–water partition coefficient (Wildman–Crippen LogP) is 2.55. The Morgan fingerprint density at radius 3 is 2.39 bits per heavy atom. The molecule has 3 nitrogen and oxygen atoms in total. The molecule has 0 aliphatic carbocycles. The summed E-state index contributed by atoms with van der Waals surface area (Å²) in [5.74, 6) is -1.04. The minimum absolute atomic E-state index is 0.104. The predicted molar refractivity (Wildman–Crippen MR) is 69.1 cm³/mol. The van der Waals surface area contributed by atoms with E-state index in [0.29, 0.717) is 0 Å². The fraction of sp³-hybridized carbons (Fsp3) is 0.500. The summed E-state index contributed by atoms with van der Waals surface area (Å²) >= 11 is 0. The highest BCUT2D eigenvalue weighted by molar-refractivity contribution is 5.68. The number of carboxylic acid groups (broad SMARTS) is 1. The van der Waals surface area contributed by atoms with E-state index in [1.165, 1.54) is 12.1 Å². The standard InChI is InChI=1S/C14H20FNO2/c1-14(2,10-13(17)18)16(3)9-8-11-4-6-12(15)7-5-11/h4-7H,8-10H2,1-3H3,(H,17,18). The number of hydrogen-bond acceptors (Lipinski definition) is 2. The molecule has 100 valence electrons. The Hall–Kier alpha value is -1.42. The Bertz CT molecular complexity index is 401. The summed E-state index contributed by atoms with van der Waals surface area (Å²) in [6, 6.07) is 6.40. The largest absolute Gasteiger partial charge is 0.481 e. The van der Waals surface area contributed by atoms with Crippen molar-refractivity contribution in [2.24, 2.45) is 0 Å². The number of aliphatic carboxylic acids is 1. The number of halogens is 1. The van der Waals surface area contributed by atoms with Crippen LogP contribution in [0.5, 0.6) is 0 Å². The van der Waals surface area contributed by atoms with Gasteiger partial charge in [-0.05, 0) is 45.0 Å². The summed E-state index contributed by atoms with van der Waals surface area (Å²) in [5.41, 5.74) is 0.667. The first-order chi connectivity index (χ1) is 8.31. The third kappa shape index (κ3) is 4.45. The van der Waals surface area contributed by atoms with Gasteiger partial charge in [0, 0.05) is 12.1 Å². The van der Waals surface area contributed by atoms with E-state index in [1.807, 2.05) is 25.8 Å². The van der Waals surface area contributed by atoms with Gasteiger partial charge < -0.3 is 10.0 Å². The van der Waals surface area contributed by atoms with Gasteiger partial charge in [0.2, 0.25) is 0 Å². The zero-order chi connectivity index (χ0) is 13.8. The van der Waals surface area contributed by atoms with Gasteiger partial charge in [-0.15, -0.1) is 0 Å². The lowest BCUT2D eigenvalue weighted by Gasteiger charge is -2.34. The molecule has 4 heteroatoms. The van der Waals surface area contributed by atoms with E-state index >= 15 is 0 Å². The lowest BCUT2D eigenvalue weighted by Crippen LogP contribution is -2.43. The summed E-state index contributed by atoms with van der Waals surface area (Å²) in [6.45, 7) is 4.56. The van der Waals surface area contributed by atoms with Crippen molar-refractivity contribution in [2.45, 2.75) is 32.2 Å². The molecule has 1 rings (SSSR count). The average molecular weight is 253 g/mol. The van der Waals surface area contributed by atoms with Gasteiger partial charge in [0.1, 0.15) is 5.82 Å². The molecule has 0 unspecified atom stereocenters. The fourth-order valence-corrected chi connectivity index (χ4v) is 1.76. The summed E-state index contributed by atoms with van der Waals surface area (Å²) < 4.78 is 12.7. The Kier molecular flexibility index (Phi) is 4.84. The lowest BCUT2D eigenvalue weighted by molar-refractivity contribution is -0.139. The average Bonchev–Trinajstić information content (AvgIpc) is 2.26. The van der Waals surface area contributed by atoms with Crippen LogP contribution in [0.15, 0.2) is 24.3 Å². The maximum absolute atomic E-state index is 12.7. The monoisotopic (exact) mass is 253 g/mol. The molecule has 0 aliphatic heterocycles. The highest BCUT2D eigenvalue weighted by Gasteiger charge is 2.26. The molecule has 0 heterocycles. The summed E-state index contributed by atoms with van der Waals surface area (Å²) in [7, 11) is 1.91. The first-order valence-electron chi connectivity index (χ1n) is 5.99. The van der Waals surface area contributed by atoms with Gasteiger partial charge in [-0.3, -0.25) is 4.79 Å². The third-order valence-corrected chi connectivity index (χ3v) is 3.27. The van der Waals surface area contributed by atoms with Gasteiger partial charge in [0.15, 0.2) is 0 Å². The quantitative estimate of drug-likeness (QED) is 0.847. The van der Waals surface area contributed by atoms with E-state index in [-0.39, 0.29) is 17.8 Å². The zero-order valence-corrected chi connectivity index (χ0v) is 11.1. The molecule has 1 aromatic rings. The summed E-state index contributed by atoms with van der Waals surface area (Å²) in [6.07, 6.45) is 0.882. The molecular formula is C14H20FNO2. The van der Waals surface area contributed by atoms with Crippen LogP contribution in [0.25, 0.3) is 0 Å². The Balaban J connectivity index is 2.52. The van der Waals surface area contributed by atoms with Crippen molar-refractivity contribution in [2.75, 3.05) is 13.6 Å². The molecule has 0 bridgehead atoms. The number of nitrogens with zero attached hydrogens (tertiary/aromatic N) is 1. The summed E-state index contributed by atoms with van der Waals surface area (Å²) in [4.78, 5) is 12.8. The maximum Gasteiger partial charge on any atom is 0.305 e. The van der Waals surface area contributed by atoms with E-state index in [1.54, 1.807) is 12.1 Å². The molecule has 0 saturated carbocycles. The van der Waals surface area contributed by atoms with Crippen LogP contribution in [0.3, 0.4) is 0 Å². The molecular weight excluding hydrogens is 233 g/mol. The second kappa shape index (κ2) is 5.96. The SMILES string of the molecule is CN(CCc1ccc(F)cc1)C(C)(C)CC(=O)O. The van der Waals surface area contributed by atoms with Gasteiger partial charge in [0.25, 0.3) is 0 Å². The number of carboxylic acids is 1. The van der Waals surface area contributed by atoms with E-state index in [9.17, 15) is 9.18 Å². The van der Waals surface area contributed by atoms with Crippen molar-refractivity contribution < 1.29 is 14.3 Å². The topological polar surface area (TPSA) is 40.5 Å². The third-order valence-electron chi connectivity index (χ3n) is 3.27. The minimum atomic E-state index is -0.798. The first kappa shape index (κ1) is 14.6. The van der Waals surface area contributed by atoms with E-state index in [4.69, 9.17) is 5.11 Å². The Labute approximate surface area is 107 Å². The molecule has 0 radical (unpaired) electrons. The van der Waals surface area contributed by atoms with Gasteiger partial charge in [-0.2, -0.15) is 0 Å². The molecule has 0 amide bonds. The first-order valence-corrected chi connectivity index (χ1v) is 5.99. The molecule has 1 aromatic carbocycles. The van der Waals surface area contributed by atoms with Gasteiger partial charge in [0.05, 0.1) is 6.42 Å². The van der Waals surface area contributed by atoms with Crippen LogP contribution in [0.4, 0.5) is 4.39 Å². The Morgan fingerprint density at radius 1 is 1.33 bits per heavy atom. The van der Waals surface area contributed by atoms with Crippen LogP contribution in [0.1, 0.15) is 25.8 Å². The molecule has 1 N–H and O–H groups in total. The van der Waals surface area contributed by atoms with Crippen molar-refractivity contribution >= 4 is 5.97 Å². The highest BCUT2D eigenvalue weighted by atomic mass is 19.1. The van der Waals surface area contributed by atoms with Crippen molar-refractivity contribution in [1.29, 1.82) is 0 Å². The minimum Gasteiger partial charge on any atom is -0.481 e. The maximum atomic E-state index is 12.7. The Morgan fingerprint density at radius 2 is 1.89 bits per heavy atom. The van der Waals surface area contributed by atoms with Crippen LogP contribution in [-0.4, -0.2) is 35.1 Å². The fourth-order valence-electron chi connectivity index (χ4n) is 1.76. The van der Waals surface area contributed by atoms with Crippen molar-refractivity contribution in [3.05, 3.63) is 35.6 Å². The molecule has 18 heavy (non-hydrogen) atoms. The van der Waals surface area contributed by atoms with Crippen LogP contribution in [0, 0.1) is 5.82 Å². The normalized spacial score (nSPS) is 11.8. The van der Waals surface area contributed by atoms with E-state index in [0.717, 1.165) is 18.5 Å². The lowest BCUT2D eigenvalue weighted by atomic mass is 9.98. The number of likely N-dealkylation sites (N-methyl/N-ethyl adjacent to an activating group) is 1. The summed E-state index contributed by atoms with van der Waals surface area (Å²) in [5, 5.41) is 8.85. The second-order valence-electron chi connectivity index (χ2n) is 5.18. The number of hydrogen-bond donors (Lipinski definition) is 1. The second-order valence-corrected chi connectivity index (χ2v) is 5.18. The molecule has 0 atom stereocenters. The highest BCUT2D eigenvalue weighted by Crippen LogP contribution is 2.17. The van der Waals surface area contributed by atoms with Gasteiger partial charge >= 0.3 is 5.97 Å².